The highest BCUT2D eigenvalue weighted by atomic mass is 79.9. The van der Waals surface area contributed by atoms with Gasteiger partial charge < -0.3 is 5.32 Å². The van der Waals surface area contributed by atoms with Gasteiger partial charge in [0, 0.05) is 15.0 Å². The first kappa shape index (κ1) is 15.4. The second-order valence-corrected chi connectivity index (χ2v) is 6.35. The molecular weight excluding hydrogens is 392 g/mol. The summed E-state index contributed by atoms with van der Waals surface area (Å²) in [6.07, 6.45) is 0. The van der Waals surface area contributed by atoms with Gasteiger partial charge in [-0.2, -0.15) is 0 Å². The molecule has 5 heteroatoms. The lowest BCUT2D eigenvalue weighted by Gasteiger charge is -2.19. The zero-order chi connectivity index (χ0) is 14.9. The van der Waals surface area contributed by atoms with E-state index in [1.54, 1.807) is 6.07 Å². The summed E-state index contributed by atoms with van der Waals surface area (Å²) in [7, 11) is 0. The number of hydrogen-bond donors (Lipinski definition) is 1. The molecule has 0 amide bonds. The SMILES string of the molecule is Cc1cc(Br)c(NC(C)c2ccc(F)c(F)c2)c(Br)c1. The Morgan fingerprint density at radius 2 is 1.60 bits per heavy atom. The second kappa shape index (κ2) is 6.22. The molecule has 0 saturated carbocycles. The molecule has 0 aliphatic heterocycles. The highest BCUT2D eigenvalue weighted by molar-refractivity contribution is 9.11. The van der Waals surface area contributed by atoms with Crippen molar-refractivity contribution in [3.63, 3.8) is 0 Å². The lowest BCUT2D eigenvalue weighted by molar-refractivity contribution is 0.506. The molecule has 20 heavy (non-hydrogen) atoms. The molecule has 106 valence electrons. The van der Waals surface area contributed by atoms with E-state index in [2.05, 4.69) is 37.2 Å². The summed E-state index contributed by atoms with van der Waals surface area (Å²) in [4.78, 5) is 0. The van der Waals surface area contributed by atoms with Crippen LogP contribution in [0.2, 0.25) is 0 Å². The van der Waals surface area contributed by atoms with Gasteiger partial charge in [-0.3, -0.25) is 0 Å². The average Bonchev–Trinajstić information content (AvgIpc) is 2.36. The number of aryl methyl sites for hydroxylation is 1. The monoisotopic (exact) mass is 403 g/mol. The second-order valence-electron chi connectivity index (χ2n) is 4.64. The smallest absolute Gasteiger partial charge is 0.159 e. The highest BCUT2D eigenvalue weighted by Gasteiger charge is 2.13. The summed E-state index contributed by atoms with van der Waals surface area (Å²) in [5.74, 6) is -1.67. The first-order valence-electron chi connectivity index (χ1n) is 6.05. The summed E-state index contributed by atoms with van der Waals surface area (Å²) in [5, 5.41) is 3.29. The normalized spacial score (nSPS) is 12.3. The minimum atomic E-state index is -0.835. The van der Waals surface area contributed by atoms with Crippen LogP contribution in [-0.2, 0) is 0 Å². The highest BCUT2D eigenvalue weighted by Crippen LogP contribution is 2.34. The topological polar surface area (TPSA) is 12.0 Å². The van der Waals surface area contributed by atoms with E-state index >= 15 is 0 Å². The Hall–Kier alpha value is -0.940. The minimum Gasteiger partial charge on any atom is -0.377 e. The van der Waals surface area contributed by atoms with Crippen molar-refractivity contribution >= 4 is 37.5 Å². The predicted molar refractivity (Wildman–Crippen MR) is 85.0 cm³/mol. The van der Waals surface area contributed by atoms with Crippen molar-refractivity contribution in [3.05, 3.63) is 62.0 Å². The van der Waals surface area contributed by atoms with Gasteiger partial charge in [0.05, 0.1) is 5.69 Å². The van der Waals surface area contributed by atoms with E-state index in [9.17, 15) is 8.78 Å². The van der Waals surface area contributed by atoms with E-state index in [0.29, 0.717) is 5.56 Å². The van der Waals surface area contributed by atoms with Crippen molar-refractivity contribution in [2.24, 2.45) is 0 Å². The van der Waals surface area contributed by atoms with E-state index in [1.807, 2.05) is 26.0 Å². The molecule has 2 aromatic carbocycles. The molecule has 0 fully saturated rings. The van der Waals surface area contributed by atoms with E-state index in [4.69, 9.17) is 0 Å². The molecule has 1 N–H and O–H groups in total. The third kappa shape index (κ3) is 3.38. The molecule has 1 nitrogen and oxygen atoms in total. The molecule has 0 aliphatic rings. The van der Waals surface area contributed by atoms with Gasteiger partial charge in [-0.25, -0.2) is 8.78 Å². The number of rotatable bonds is 3. The summed E-state index contributed by atoms with van der Waals surface area (Å²) in [6, 6.07) is 7.76. The number of benzene rings is 2. The van der Waals surface area contributed by atoms with Gasteiger partial charge in [-0.1, -0.05) is 6.07 Å². The molecule has 0 saturated heterocycles. The van der Waals surface area contributed by atoms with E-state index in [-0.39, 0.29) is 6.04 Å². The molecule has 0 bridgehead atoms. The summed E-state index contributed by atoms with van der Waals surface area (Å²) >= 11 is 7.00. The Morgan fingerprint density at radius 3 is 2.15 bits per heavy atom. The third-order valence-corrected chi connectivity index (χ3v) is 4.24. The molecule has 0 spiro atoms. The molecule has 2 rings (SSSR count). The van der Waals surface area contributed by atoms with Gasteiger partial charge in [0.2, 0.25) is 0 Å². The largest absolute Gasteiger partial charge is 0.377 e. The van der Waals surface area contributed by atoms with Crippen LogP contribution in [0.15, 0.2) is 39.3 Å². The predicted octanol–water partition coefficient (Wildman–Crippen LogP) is 5.97. The molecular formula is C15H13Br2F2N. The van der Waals surface area contributed by atoms with Gasteiger partial charge in [-0.15, -0.1) is 0 Å². The van der Waals surface area contributed by atoms with Gasteiger partial charge in [0.15, 0.2) is 11.6 Å². The maximum atomic E-state index is 13.3. The van der Waals surface area contributed by atoms with E-state index in [1.165, 1.54) is 6.07 Å². The zero-order valence-electron chi connectivity index (χ0n) is 11.0. The Kier molecular flexibility index (Phi) is 4.81. The Balaban J connectivity index is 2.27. The molecule has 0 heterocycles. The quantitative estimate of drug-likeness (QED) is 0.664. The molecule has 0 radical (unpaired) electrons. The maximum Gasteiger partial charge on any atom is 0.159 e. The van der Waals surface area contributed by atoms with Crippen LogP contribution in [0, 0.1) is 18.6 Å². The number of nitrogens with one attached hydrogen (secondary N) is 1. The number of halogens is 4. The molecule has 2 aromatic rings. The van der Waals surface area contributed by atoms with Crippen molar-refractivity contribution in [1.82, 2.24) is 0 Å². The van der Waals surface area contributed by atoms with Crippen LogP contribution in [0.1, 0.15) is 24.1 Å². The van der Waals surface area contributed by atoms with Crippen LogP contribution >= 0.6 is 31.9 Å². The third-order valence-electron chi connectivity index (χ3n) is 2.99. The van der Waals surface area contributed by atoms with Crippen LogP contribution in [0.25, 0.3) is 0 Å². The van der Waals surface area contributed by atoms with Crippen molar-refractivity contribution in [2.75, 3.05) is 5.32 Å². The number of anilines is 1. The van der Waals surface area contributed by atoms with Crippen LogP contribution < -0.4 is 5.32 Å². The molecule has 1 unspecified atom stereocenters. The van der Waals surface area contributed by atoms with Crippen molar-refractivity contribution in [3.8, 4) is 0 Å². The summed E-state index contributed by atoms with van der Waals surface area (Å²) in [5.41, 5.74) is 2.69. The minimum absolute atomic E-state index is 0.152. The standard InChI is InChI=1S/C15H13Br2F2N/c1-8-5-11(16)15(12(17)6-8)20-9(2)10-3-4-13(18)14(19)7-10/h3-7,9,20H,1-2H3. The Morgan fingerprint density at radius 1 is 1.00 bits per heavy atom. The van der Waals surface area contributed by atoms with Gasteiger partial charge >= 0.3 is 0 Å². The van der Waals surface area contributed by atoms with Crippen LogP contribution in [-0.4, -0.2) is 0 Å². The Bertz CT molecular complexity index is 621. The summed E-state index contributed by atoms with van der Waals surface area (Å²) < 4.78 is 28.1. The van der Waals surface area contributed by atoms with Gasteiger partial charge in [-0.05, 0) is 81.1 Å². The lowest BCUT2D eigenvalue weighted by atomic mass is 10.1. The maximum absolute atomic E-state index is 13.3. The molecule has 0 aromatic heterocycles. The fourth-order valence-electron chi connectivity index (χ4n) is 1.92. The van der Waals surface area contributed by atoms with Gasteiger partial charge in [0.1, 0.15) is 0 Å². The first-order chi connectivity index (χ1) is 9.38. The summed E-state index contributed by atoms with van der Waals surface area (Å²) in [6.45, 7) is 3.89. The van der Waals surface area contributed by atoms with Crippen LogP contribution in [0.5, 0.6) is 0 Å². The van der Waals surface area contributed by atoms with E-state index < -0.39 is 11.6 Å². The van der Waals surface area contributed by atoms with Crippen molar-refractivity contribution in [1.29, 1.82) is 0 Å². The number of hydrogen-bond acceptors (Lipinski definition) is 1. The zero-order valence-corrected chi connectivity index (χ0v) is 14.1. The fourth-order valence-corrected chi connectivity index (χ4v) is 3.56. The van der Waals surface area contributed by atoms with Crippen molar-refractivity contribution < 1.29 is 8.78 Å². The first-order valence-corrected chi connectivity index (χ1v) is 7.64. The average molecular weight is 405 g/mol. The lowest BCUT2D eigenvalue weighted by Crippen LogP contribution is -2.08. The van der Waals surface area contributed by atoms with Crippen LogP contribution in [0.4, 0.5) is 14.5 Å². The fraction of sp³-hybridized carbons (Fsp3) is 0.200. The van der Waals surface area contributed by atoms with Gasteiger partial charge in [0.25, 0.3) is 0 Å². The Labute approximate surface area is 133 Å². The van der Waals surface area contributed by atoms with Crippen molar-refractivity contribution in [2.45, 2.75) is 19.9 Å². The van der Waals surface area contributed by atoms with E-state index in [0.717, 1.165) is 26.3 Å². The molecule has 1 atom stereocenters. The van der Waals surface area contributed by atoms with Crippen LogP contribution in [0.3, 0.4) is 0 Å². The molecule has 0 aliphatic carbocycles.